The third kappa shape index (κ3) is 5.04. The fraction of sp³-hybridized carbons (Fsp3) is 0.281. The number of aliphatic hydroxyl groups is 1. The van der Waals surface area contributed by atoms with E-state index in [1.807, 2.05) is 48.5 Å². The van der Waals surface area contributed by atoms with Crippen molar-refractivity contribution in [3.05, 3.63) is 89.5 Å². The molecule has 1 fully saturated rings. The SMILES string of the molecule is CCN(CC)c1ccc(C2/C(=C(\O)c3cccc(OCC(C)C)c3)C(=O)C(=O)N2c2nc3ccccc3[nH]2)cc1. The Labute approximate surface area is 233 Å². The molecule has 2 N–H and O–H groups in total. The van der Waals surface area contributed by atoms with Crippen LogP contribution in [0.2, 0.25) is 0 Å². The van der Waals surface area contributed by atoms with Crippen molar-refractivity contribution in [2.75, 3.05) is 29.5 Å². The number of fused-ring (bicyclic) bond motifs is 1. The van der Waals surface area contributed by atoms with Crippen LogP contribution in [0.4, 0.5) is 11.6 Å². The zero-order chi connectivity index (χ0) is 28.4. The molecule has 5 rings (SSSR count). The summed E-state index contributed by atoms with van der Waals surface area (Å²) >= 11 is 0. The molecule has 8 nitrogen and oxygen atoms in total. The van der Waals surface area contributed by atoms with Crippen molar-refractivity contribution in [1.82, 2.24) is 9.97 Å². The summed E-state index contributed by atoms with van der Waals surface area (Å²) in [5.41, 5.74) is 3.53. The molecule has 0 saturated carbocycles. The van der Waals surface area contributed by atoms with Crippen LogP contribution in [-0.2, 0) is 9.59 Å². The number of nitrogens with one attached hydrogen (secondary N) is 1. The molecule has 1 amide bonds. The van der Waals surface area contributed by atoms with Crippen LogP contribution in [0.15, 0.2) is 78.4 Å². The number of anilines is 2. The van der Waals surface area contributed by atoms with Gasteiger partial charge in [0.05, 0.1) is 29.3 Å². The molecule has 40 heavy (non-hydrogen) atoms. The van der Waals surface area contributed by atoms with Gasteiger partial charge >= 0.3 is 5.91 Å². The molecule has 0 bridgehead atoms. The number of ether oxygens (including phenoxy) is 1. The number of ketones is 1. The molecule has 0 aliphatic carbocycles. The Morgan fingerprint density at radius 1 is 1.02 bits per heavy atom. The Morgan fingerprint density at radius 3 is 2.42 bits per heavy atom. The van der Waals surface area contributed by atoms with Crippen molar-refractivity contribution >= 4 is 40.1 Å². The predicted octanol–water partition coefficient (Wildman–Crippen LogP) is 6.07. The molecule has 1 aliphatic heterocycles. The predicted molar refractivity (Wildman–Crippen MR) is 158 cm³/mol. The van der Waals surface area contributed by atoms with Gasteiger partial charge in [0, 0.05) is 24.3 Å². The van der Waals surface area contributed by atoms with Crippen LogP contribution in [0.25, 0.3) is 16.8 Å². The Balaban J connectivity index is 1.64. The molecule has 3 aromatic carbocycles. The third-order valence-electron chi connectivity index (χ3n) is 7.08. The maximum Gasteiger partial charge on any atom is 0.302 e. The number of imidazole rings is 1. The van der Waals surface area contributed by atoms with E-state index in [-0.39, 0.29) is 17.3 Å². The number of para-hydroxylation sites is 2. The lowest BCUT2D eigenvalue weighted by Crippen LogP contribution is -2.30. The summed E-state index contributed by atoms with van der Waals surface area (Å²) < 4.78 is 5.85. The molecular formula is C32H34N4O4. The number of carbonyl (C=O) groups excluding carboxylic acids is 2. The first kappa shape index (κ1) is 27.0. The topological polar surface area (TPSA) is 98.8 Å². The lowest BCUT2D eigenvalue weighted by atomic mass is 9.95. The van der Waals surface area contributed by atoms with Gasteiger partial charge in [-0.1, -0.05) is 50.2 Å². The number of aromatic amines is 1. The molecule has 1 atom stereocenters. The van der Waals surface area contributed by atoms with Gasteiger partial charge in [0.25, 0.3) is 5.78 Å². The van der Waals surface area contributed by atoms with Gasteiger partial charge in [-0.25, -0.2) is 4.98 Å². The lowest BCUT2D eigenvalue weighted by molar-refractivity contribution is -0.132. The van der Waals surface area contributed by atoms with Gasteiger partial charge in [0.1, 0.15) is 11.5 Å². The standard InChI is InChI=1S/C32H34N4O4/c1-5-35(6-2)23-16-14-21(15-17-23)28-27(29(37)22-10-9-11-24(18-22)40-19-20(3)4)30(38)31(39)36(28)32-33-25-12-7-8-13-26(25)34-32/h7-18,20,28,37H,5-6,19H2,1-4H3,(H,33,34)/b29-27+. The molecule has 8 heteroatoms. The minimum absolute atomic E-state index is 0.00190. The van der Waals surface area contributed by atoms with E-state index >= 15 is 0 Å². The summed E-state index contributed by atoms with van der Waals surface area (Å²) in [6, 6.07) is 21.2. The van der Waals surface area contributed by atoms with Gasteiger partial charge in [-0.2, -0.15) is 0 Å². The van der Waals surface area contributed by atoms with Gasteiger partial charge in [0.2, 0.25) is 5.95 Å². The van der Waals surface area contributed by atoms with E-state index in [4.69, 9.17) is 4.74 Å². The van der Waals surface area contributed by atoms with Gasteiger partial charge in [0.15, 0.2) is 0 Å². The highest BCUT2D eigenvalue weighted by Gasteiger charge is 2.48. The number of rotatable bonds is 9. The zero-order valence-corrected chi connectivity index (χ0v) is 23.2. The van der Waals surface area contributed by atoms with Gasteiger partial charge in [-0.3, -0.25) is 14.5 Å². The van der Waals surface area contributed by atoms with Gasteiger partial charge < -0.3 is 19.7 Å². The average Bonchev–Trinajstić information content (AvgIpc) is 3.51. The summed E-state index contributed by atoms with van der Waals surface area (Å²) in [5, 5.41) is 11.6. The van der Waals surface area contributed by atoms with Crippen molar-refractivity contribution in [3.63, 3.8) is 0 Å². The van der Waals surface area contributed by atoms with Crippen LogP contribution in [-0.4, -0.2) is 46.5 Å². The van der Waals surface area contributed by atoms with Crippen LogP contribution in [0.1, 0.15) is 44.9 Å². The van der Waals surface area contributed by atoms with E-state index in [0.29, 0.717) is 34.9 Å². The normalized spacial score (nSPS) is 16.7. The first-order valence-corrected chi connectivity index (χ1v) is 13.7. The first-order valence-electron chi connectivity index (χ1n) is 13.7. The molecule has 206 valence electrons. The summed E-state index contributed by atoms with van der Waals surface area (Å²) in [6.45, 7) is 10.5. The Morgan fingerprint density at radius 2 is 1.75 bits per heavy atom. The summed E-state index contributed by atoms with van der Waals surface area (Å²) in [4.78, 5) is 38.5. The average molecular weight is 539 g/mol. The van der Waals surface area contributed by atoms with Crippen molar-refractivity contribution in [3.8, 4) is 5.75 Å². The van der Waals surface area contributed by atoms with E-state index in [0.717, 1.165) is 24.3 Å². The molecule has 1 aliphatic rings. The van der Waals surface area contributed by atoms with E-state index < -0.39 is 17.7 Å². The second-order valence-corrected chi connectivity index (χ2v) is 10.2. The molecule has 1 aromatic heterocycles. The Hall–Kier alpha value is -4.59. The van der Waals surface area contributed by atoms with Crippen molar-refractivity contribution in [2.24, 2.45) is 5.92 Å². The van der Waals surface area contributed by atoms with Crippen molar-refractivity contribution in [1.29, 1.82) is 0 Å². The fourth-order valence-corrected chi connectivity index (χ4v) is 5.03. The molecule has 1 unspecified atom stereocenters. The number of hydrogen-bond acceptors (Lipinski definition) is 6. The van der Waals surface area contributed by atoms with Crippen molar-refractivity contribution in [2.45, 2.75) is 33.7 Å². The van der Waals surface area contributed by atoms with E-state index in [1.54, 1.807) is 24.3 Å². The molecule has 0 spiro atoms. The van der Waals surface area contributed by atoms with E-state index in [1.165, 1.54) is 4.90 Å². The molecule has 4 aromatic rings. The summed E-state index contributed by atoms with van der Waals surface area (Å²) in [5.74, 6) is -0.649. The van der Waals surface area contributed by atoms with Crippen LogP contribution >= 0.6 is 0 Å². The Bertz CT molecular complexity index is 1530. The third-order valence-corrected chi connectivity index (χ3v) is 7.08. The number of aromatic nitrogens is 2. The van der Waals surface area contributed by atoms with Crippen LogP contribution in [0.3, 0.4) is 0 Å². The highest BCUT2D eigenvalue weighted by atomic mass is 16.5. The zero-order valence-electron chi connectivity index (χ0n) is 23.2. The second kappa shape index (κ2) is 11.3. The van der Waals surface area contributed by atoms with Gasteiger partial charge in [-0.05, 0) is 61.7 Å². The Kier molecular flexibility index (Phi) is 7.60. The van der Waals surface area contributed by atoms with Crippen LogP contribution in [0.5, 0.6) is 5.75 Å². The largest absolute Gasteiger partial charge is 0.507 e. The minimum Gasteiger partial charge on any atom is -0.507 e. The highest BCUT2D eigenvalue weighted by Crippen LogP contribution is 2.42. The first-order chi connectivity index (χ1) is 19.3. The molecule has 2 heterocycles. The molecule has 1 saturated heterocycles. The number of benzene rings is 3. The quantitative estimate of drug-likeness (QED) is 0.152. The number of hydrogen-bond donors (Lipinski definition) is 2. The number of nitrogens with zero attached hydrogens (tertiary/aromatic N) is 3. The van der Waals surface area contributed by atoms with E-state index in [2.05, 4.69) is 42.6 Å². The van der Waals surface area contributed by atoms with E-state index in [9.17, 15) is 14.7 Å². The van der Waals surface area contributed by atoms with Crippen LogP contribution in [0, 0.1) is 5.92 Å². The number of Topliss-reactive ketones (excluding diaryl/α,β-unsaturated/α-hetero) is 1. The number of aliphatic hydroxyl groups excluding tert-OH is 1. The highest BCUT2D eigenvalue weighted by molar-refractivity contribution is 6.51. The monoisotopic (exact) mass is 538 g/mol. The summed E-state index contributed by atoms with van der Waals surface area (Å²) in [6.07, 6.45) is 0. The number of amides is 1. The molecular weight excluding hydrogens is 504 g/mol. The number of H-pyrrole nitrogens is 1. The second-order valence-electron chi connectivity index (χ2n) is 10.2. The lowest BCUT2D eigenvalue weighted by Gasteiger charge is -2.25. The molecule has 0 radical (unpaired) electrons. The maximum atomic E-state index is 13.6. The summed E-state index contributed by atoms with van der Waals surface area (Å²) in [7, 11) is 0. The fourth-order valence-electron chi connectivity index (χ4n) is 5.03. The van der Waals surface area contributed by atoms with Crippen molar-refractivity contribution < 1.29 is 19.4 Å². The van der Waals surface area contributed by atoms with Gasteiger partial charge in [-0.15, -0.1) is 0 Å². The van der Waals surface area contributed by atoms with Crippen LogP contribution < -0.4 is 14.5 Å². The maximum absolute atomic E-state index is 13.6. The smallest absolute Gasteiger partial charge is 0.302 e. The minimum atomic E-state index is -0.883. The number of carbonyl (C=O) groups is 2.